The molecule has 1 aromatic heterocycles. The molecule has 0 unspecified atom stereocenters. The van der Waals surface area contributed by atoms with Crippen molar-refractivity contribution < 1.29 is 14.5 Å². The number of carbonyl (C=O) groups is 1. The van der Waals surface area contributed by atoms with Crippen LogP contribution in [-0.4, -0.2) is 22.9 Å². The molecular formula is C18H17N3O4S. The zero-order valence-corrected chi connectivity index (χ0v) is 15.1. The SMILES string of the molecule is CC(=O)Nc1ccccc1.COc1cc([N+](=O)[O-])c2ncccc2c1S. The minimum absolute atomic E-state index is 0.0359. The Balaban J connectivity index is 0.000000209. The predicted octanol–water partition coefficient (Wildman–Crippen LogP) is 4.09. The quantitative estimate of drug-likeness (QED) is 0.411. The molecule has 0 spiro atoms. The number of nitro benzene ring substituents is 1. The highest BCUT2D eigenvalue weighted by Gasteiger charge is 2.18. The van der Waals surface area contributed by atoms with E-state index in [-0.39, 0.29) is 11.6 Å². The molecule has 0 saturated carbocycles. The number of fused-ring (bicyclic) bond motifs is 1. The lowest BCUT2D eigenvalue weighted by Gasteiger charge is -2.07. The fourth-order valence-electron chi connectivity index (χ4n) is 2.21. The molecule has 0 radical (unpaired) electrons. The Morgan fingerprint density at radius 3 is 2.50 bits per heavy atom. The summed E-state index contributed by atoms with van der Waals surface area (Å²) in [7, 11) is 1.45. The average Bonchev–Trinajstić information content (AvgIpc) is 2.63. The molecule has 0 bridgehead atoms. The second-order valence-corrected chi connectivity index (χ2v) is 5.60. The number of ether oxygens (including phenoxy) is 1. The summed E-state index contributed by atoms with van der Waals surface area (Å²) in [6.07, 6.45) is 1.51. The number of amides is 1. The molecule has 0 saturated heterocycles. The van der Waals surface area contributed by atoms with Gasteiger partial charge in [0.15, 0.2) is 0 Å². The summed E-state index contributed by atoms with van der Waals surface area (Å²) < 4.78 is 5.04. The van der Waals surface area contributed by atoms with Gasteiger partial charge in [0.05, 0.1) is 23.0 Å². The fourth-order valence-corrected chi connectivity index (χ4v) is 2.55. The van der Waals surface area contributed by atoms with E-state index in [9.17, 15) is 14.9 Å². The molecule has 3 aromatic rings. The van der Waals surface area contributed by atoms with Crippen LogP contribution in [-0.2, 0) is 4.79 Å². The van der Waals surface area contributed by atoms with Crippen molar-refractivity contribution >= 4 is 40.8 Å². The highest BCUT2D eigenvalue weighted by Crippen LogP contribution is 2.36. The Labute approximate surface area is 155 Å². The van der Waals surface area contributed by atoms with Crippen molar-refractivity contribution in [3.05, 3.63) is 64.8 Å². The highest BCUT2D eigenvalue weighted by atomic mass is 32.1. The number of nitrogens with zero attached hydrogens (tertiary/aromatic N) is 2. The van der Waals surface area contributed by atoms with Crippen LogP contribution in [0.5, 0.6) is 5.75 Å². The minimum Gasteiger partial charge on any atom is -0.495 e. The number of aromatic nitrogens is 1. The Morgan fingerprint density at radius 1 is 1.23 bits per heavy atom. The lowest BCUT2D eigenvalue weighted by atomic mass is 10.2. The van der Waals surface area contributed by atoms with E-state index in [0.717, 1.165) is 5.69 Å². The van der Waals surface area contributed by atoms with Crippen LogP contribution in [0.2, 0.25) is 0 Å². The number of thiol groups is 1. The maximum absolute atomic E-state index is 10.9. The van der Waals surface area contributed by atoms with Gasteiger partial charge >= 0.3 is 0 Å². The summed E-state index contributed by atoms with van der Waals surface area (Å²) in [5, 5.41) is 14.2. The molecule has 8 heteroatoms. The third-order valence-corrected chi connectivity index (χ3v) is 3.78. The van der Waals surface area contributed by atoms with Crippen LogP contribution in [0, 0.1) is 10.1 Å². The molecule has 0 atom stereocenters. The van der Waals surface area contributed by atoms with Crippen LogP contribution in [0.1, 0.15) is 6.92 Å². The molecule has 1 amide bonds. The second kappa shape index (κ2) is 8.82. The van der Waals surface area contributed by atoms with Crippen molar-refractivity contribution in [2.24, 2.45) is 0 Å². The van der Waals surface area contributed by atoms with Gasteiger partial charge in [-0.3, -0.25) is 14.9 Å². The van der Waals surface area contributed by atoms with Crippen LogP contribution in [0.25, 0.3) is 10.9 Å². The molecule has 134 valence electrons. The van der Waals surface area contributed by atoms with Gasteiger partial charge in [0.2, 0.25) is 5.91 Å². The summed E-state index contributed by atoms with van der Waals surface area (Å²) in [6.45, 7) is 1.49. The number of pyridine rings is 1. The third-order valence-electron chi connectivity index (χ3n) is 3.32. The smallest absolute Gasteiger partial charge is 0.299 e. The van der Waals surface area contributed by atoms with Crippen molar-refractivity contribution in [3.8, 4) is 5.75 Å². The number of hydrogen-bond acceptors (Lipinski definition) is 6. The van der Waals surface area contributed by atoms with Crippen LogP contribution in [0.3, 0.4) is 0 Å². The maximum atomic E-state index is 10.9. The zero-order chi connectivity index (χ0) is 19.1. The minimum atomic E-state index is -0.481. The number of para-hydroxylation sites is 1. The van der Waals surface area contributed by atoms with E-state index >= 15 is 0 Å². The van der Waals surface area contributed by atoms with Gasteiger partial charge in [-0.25, -0.2) is 4.98 Å². The van der Waals surface area contributed by atoms with Crippen LogP contribution in [0.4, 0.5) is 11.4 Å². The van der Waals surface area contributed by atoms with Gasteiger partial charge in [-0.1, -0.05) is 18.2 Å². The van der Waals surface area contributed by atoms with Crippen LogP contribution < -0.4 is 10.1 Å². The van der Waals surface area contributed by atoms with Gasteiger partial charge in [-0.15, -0.1) is 12.6 Å². The normalized spacial score (nSPS) is 9.81. The number of hydrogen-bond donors (Lipinski definition) is 2. The van der Waals surface area contributed by atoms with E-state index in [1.54, 1.807) is 12.1 Å². The lowest BCUT2D eigenvalue weighted by Crippen LogP contribution is -2.04. The first-order valence-electron chi connectivity index (χ1n) is 7.55. The summed E-state index contributed by atoms with van der Waals surface area (Å²) in [6, 6.07) is 14.1. The van der Waals surface area contributed by atoms with Crippen LogP contribution in [0.15, 0.2) is 59.6 Å². The summed E-state index contributed by atoms with van der Waals surface area (Å²) in [5.74, 6) is 0.335. The topological polar surface area (TPSA) is 94.4 Å². The van der Waals surface area contributed by atoms with Gasteiger partial charge in [0.25, 0.3) is 5.69 Å². The summed E-state index contributed by atoms with van der Waals surface area (Å²) in [4.78, 5) is 25.4. The number of methoxy groups -OCH3 is 1. The Kier molecular flexibility index (Phi) is 6.51. The first-order valence-corrected chi connectivity index (χ1v) is 8.00. The van der Waals surface area contributed by atoms with Crippen molar-refractivity contribution in [3.63, 3.8) is 0 Å². The van der Waals surface area contributed by atoms with Crippen molar-refractivity contribution in [2.45, 2.75) is 11.8 Å². The molecule has 1 heterocycles. The molecule has 26 heavy (non-hydrogen) atoms. The van der Waals surface area contributed by atoms with E-state index < -0.39 is 4.92 Å². The number of non-ortho nitro benzene ring substituents is 1. The fraction of sp³-hybridized carbons (Fsp3) is 0.111. The van der Waals surface area contributed by atoms with Crippen LogP contribution >= 0.6 is 12.6 Å². The molecule has 1 N–H and O–H groups in total. The monoisotopic (exact) mass is 371 g/mol. The van der Waals surface area contributed by atoms with Crippen molar-refractivity contribution in [1.29, 1.82) is 0 Å². The second-order valence-electron chi connectivity index (χ2n) is 5.15. The Bertz CT molecular complexity index is 932. The molecule has 0 aliphatic rings. The van der Waals surface area contributed by atoms with Gasteiger partial charge < -0.3 is 10.1 Å². The number of carbonyl (C=O) groups excluding carboxylic acids is 1. The maximum Gasteiger partial charge on any atom is 0.299 e. The van der Waals surface area contributed by atoms with Gasteiger partial charge in [-0.05, 0) is 24.3 Å². The third kappa shape index (κ3) is 4.70. The van der Waals surface area contributed by atoms with Gasteiger partial charge in [0, 0.05) is 24.2 Å². The van der Waals surface area contributed by atoms with E-state index in [4.69, 9.17) is 4.74 Å². The van der Waals surface area contributed by atoms with Crippen molar-refractivity contribution in [2.75, 3.05) is 12.4 Å². The van der Waals surface area contributed by atoms with E-state index in [0.29, 0.717) is 21.5 Å². The van der Waals surface area contributed by atoms with Gasteiger partial charge in [0.1, 0.15) is 11.3 Å². The number of rotatable bonds is 3. The standard InChI is InChI=1S/C10H8N2O3S.C8H9NO/c1-15-8-5-7(12(13)14)9-6(10(8)16)3-2-4-11-9;1-7(10)9-8-5-3-2-4-6-8/h2-5,16H,1H3;2-6H,1H3,(H,9,10). The average molecular weight is 371 g/mol. The van der Waals surface area contributed by atoms with Crippen molar-refractivity contribution in [1.82, 2.24) is 4.98 Å². The molecule has 7 nitrogen and oxygen atoms in total. The van der Waals surface area contributed by atoms with E-state index in [1.165, 1.54) is 26.3 Å². The number of nitrogens with one attached hydrogen (secondary N) is 1. The first-order chi connectivity index (χ1) is 12.4. The first kappa shape index (κ1) is 19.2. The zero-order valence-electron chi connectivity index (χ0n) is 14.2. The summed E-state index contributed by atoms with van der Waals surface area (Å²) >= 11 is 4.27. The van der Waals surface area contributed by atoms with Gasteiger partial charge in [-0.2, -0.15) is 0 Å². The predicted molar refractivity (Wildman–Crippen MR) is 103 cm³/mol. The summed E-state index contributed by atoms with van der Waals surface area (Å²) in [5.41, 5.74) is 1.08. The highest BCUT2D eigenvalue weighted by molar-refractivity contribution is 7.80. The Morgan fingerprint density at radius 2 is 1.92 bits per heavy atom. The molecular weight excluding hydrogens is 354 g/mol. The lowest BCUT2D eigenvalue weighted by molar-refractivity contribution is -0.383. The number of benzene rings is 2. The van der Waals surface area contributed by atoms with E-state index in [1.807, 2.05) is 30.3 Å². The molecule has 0 fully saturated rings. The molecule has 0 aliphatic heterocycles. The molecule has 2 aromatic carbocycles. The number of anilines is 1. The Hall–Kier alpha value is -3.13. The van der Waals surface area contributed by atoms with E-state index in [2.05, 4.69) is 22.9 Å². The number of nitro groups is 1. The largest absolute Gasteiger partial charge is 0.495 e. The molecule has 0 aliphatic carbocycles. The molecule has 3 rings (SSSR count).